The van der Waals surface area contributed by atoms with Gasteiger partial charge >= 0.3 is 0 Å². The zero-order valence-corrected chi connectivity index (χ0v) is 13.6. The topological polar surface area (TPSA) is 67.5 Å². The van der Waals surface area contributed by atoms with Gasteiger partial charge in [-0.2, -0.15) is 5.10 Å². The number of carbonyl (C=O) groups is 1. The smallest absolute Gasteiger partial charge is 0.253 e. The van der Waals surface area contributed by atoms with Gasteiger partial charge in [-0.25, -0.2) is 4.98 Å². The zero-order valence-electron chi connectivity index (χ0n) is 13.6. The number of nitrogens with one attached hydrogen (secondary N) is 1. The maximum Gasteiger partial charge on any atom is 0.253 e. The normalized spacial score (nSPS) is 18.0. The molecule has 4 heterocycles. The van der Waals surface area contributed by atoms with Crippen LogP contribution in [0.5, 0.6) is 0 Å². The first-order valence-corrected chi connectivity index (χ1v) is 8.16. The van der Waals surface area contributed by atoms with E-state index in [0.29, 0.717) is 5.56 Å². The minimum Gasteiger partial charge on any atom is -0.367 e. The zero-order chi connectivity index (χ0) is 16.5. The number of fused-ring (bicyclic) bond motifs is 1. The average Bonchev–Trinajstić information content (AvgIpc) is 3.23. The Morgan fingerprint density at radius 1 is 1.33 bits per heavy atom. The molecule has 24 heavy (non-hydrogen) atoms. The van der Waals surface area contributed by atoms with E-state index in [1.807, 2.05) is 48.4 Å². The van der Waals surface area contributed by atoms with Crippen molar-refractivity contribution in [3.05, 3.63) is 48.7 Å². The van der Waals surface area contributed by atoms with Crippen LogP contribution in [0.2, 0.25) is 0 Å². The Bertz CT molecular complexity index is 867. The second-order valence-corrected chi connectivity index (χ2v) is 6.24. The molecule has 3 aromatic rings. The SMILES string of the molecule is Cn1cc(N2CCC[C@@H](NC(=O)c3ccc4nccn4c3)C2)cn1. The van der Waals surface area contributed by atoms with Crippen molar-refractivity contribution < 1.29 is 4.79 Å². The molecule has 0 aromatic carbocycles. The molecule has 1 fully saturated rings. The van der Waals surface area contributed by atoms with Gasteiger partial charge in [-0.1, -0.05) is 0 Å². The number of piperidine rings is 1. The number of aryl methyl sites for hydroxylation is 1. The van der Waals surface area contributed by atoms with E-state index in [1.165, 1.54) is 0 Å². The largest absolute Gasteiger partial charge is 0.367 e. The Labute approximate surface area is 139 Å². The summed E-state index contributed by atoms with van der Waals surface area (Å²) in [4.78, 5) is 19.0. The predicted molar refractivity (Wildman–Crippen MR) is 91.1 cm³/mol. The third-order valence-electron chi connectivity index (χ3n) is 4.46. The summed E-state index contributed by atoms with van der Waals surface area (Å²) < 4.78 is 3.66. The van der Waals surface area contributed by atoms with Crippen LogP contribution >= 0.6 is 0 Å². The fourth-order valence-electron chi connectivity index (χ4n) is 3.22. The maximum atomic E-state index is 12.5. The van der Waals surface area contributed by atoms with Crippen LogP contribution < -0.4 is 10.2 Å². The molecule has 4 rings (SSSR count). The van der Waals surface area contributed by atoms with Gasteiger partial charge < -0.3 is 14.6 Å². The van der Waals surface area contributed by atoms with E-state index in [9.17, 15) is 4.79 Å². The molecule has 7 heteroatoms. The summed E-state index contributed by atoms with van der Waals surface area (Å²) >= 11 is 0. The molecule has 1 atom stereocenters. The molecule has 1 aliphatic rings. The highest BCUT2D eigenvalue weighted by Gasteiger charge is 2.23. The molecule has 0 bridgehead atoms. The van der Waals surface area contributed by atoms with Crippen molar-refractivity contribution >= 4 is 17.2 Å². The van der Waals surface area contributed by atoms with Crippen LogP contribution in [0.4, 0.5) is 5.69 Å². The van der Waals surface area contributed by atoms with E-state index in [-0.39, 0.29) is 11.9 Å². The van der Waals surface area contributed by atoms with Crippen LogP contribution in [0.25, 0.3) is 5.65 Å². The van der Waals surface area contributed by atoms with Crippen molar-refractivity contribution in [2.24, 2.45) is 7.05 Å². The van der Waals surface area contributed by atoms with Crippen molar-refractivity contribution in [1.82, 2.24) is 24.5 Å². The molecule has 1 saturated heterocycles. The van der Waals surface area contributed by atoms with Gasteiger partial charge in [0, 0.05) is 51.0 Å². The fraction of sp³-hybridized carbons (Fsp3) is 0.353. The average molecular weight is 324 g/mol. The number of imidazole rings is 1. The Morgan fingerprint density at radius 2 is 2.25 bits per heavy atom. The monoisotopic (exact) mass is 324 g/mol. The standard InChI is InChI=1S/C17H20N6O/c1-21-12-15(9-19-21)22-7-2-3-14(11-22)20-17(24)13-4-5-16-18-6-8-23(16)10-13/h4-6,8-10,12,14H,2-3,7,11H2,1H3,(H,20,24)/t14-/m1/s1. The number of aromatic nitrogens is 4. The molecule has 0 saturated carbocycles. The van der Waals surface area contributed by atoms with Gasteiger partial charge in [-0.3, -0.25) is 9.48 Å². The molecule has 124 valence electrons. The highest BCUT2D eigenvalue weighted by molar-refractivity contribution is 5.94. The van der Waals surface area contributed by atoms with Crippen LogP contribution in [0.15, 0.2) is 43.1 Å². The number of rotatable bonds is 3. The lowest BCUT2D eigenvalue weighted by atomic mass is 10.0. The number of anilines is 1. The van der Waals surface area contributed by atoms with E-state index in [0.717, 1.165) is 37.3 Å². The van der Waals surface area contributed by atoms with Crippen molar-refractivity contribution in [3.8, 4) is 0 Å². The van der Waals surface area contributed by atoms with E-state index < -0.39 is 0 Å². The second-order valence-electron chi connectivity index (χ2n) is 6.24. The minimum atomic E-state index is -0.0383. The molecule has 0 radical (unpaired) electrons. The highest BCUT2D eigenvalue weighted by Crippen LogP contribution is 2.19. The van der Waals surface area contributed by atoms with Crippen LogP contribution in [0, 0.1) is 0 Å². The fourth-order valence-corrected chi connectivity index (χ4v) is 3.22. The second kappa shape index (κ2) is 5.99. The number of pyridine rings is 1. The Kier molecular flexibility index (Phi) is 3.68. The maximum absolute atomic E-state index is 12.5. The Hall–Kier alpha value is -2.83. The van der Waals surface area contributed by atoms with E-state index in [2.05, 4.69) is 20.3 Å². The van der Waals surface area contributed by atoms with Crippen molar-refractivity contribution in [3.63, 3.8) is 0 Å². The molecule has 0 unspecified atom stereocenters. The molecular formula is C17H20N6O. The van der Waals surface area contributed by atoms with E-state index in [1.54, 1.807) is 10.9 Å². The van der Waals surface area contributed by atoms with Crippen molar-refractivity contribution in [2.45, 2.75) is 18.9 Å². The Morgan fingerprint density at radius 3 is 3.08 bits per heavy atom. The third-order valence-corrected chi connectivity index (χ3v) is 4.46. The summed E-state index contributed by atoms with van der Waals surface area (Å²) in [5, 5.41) is 7.39. The number of hydrogen-bond donors (Lipinski definition) is 1. The van der Waals surface area contributed by atoms with Crippen molar-refractivity contribution in [1.29, 1.82) is 0 Å². The van der Waals surface area contributed by atoms with Crippen LogP contribution in [-0.2, 0) is 7.05 Å². The minimum absolute atomic E-state index is 0.0383. The number of amides is 1. The first-order chi connectivity index (χ1) is 11.7. The summed E-state index contributed by atoms with van der Waals surface area (Å²) in [5.74, 6) is -0.0383. The first kappa shape index (κ1) is 14.7. The van der Waals surface area contributed by atoms with Gasteiger partial charge in [0.25, 0.3) is 5.91 Å². The lowest BCUT2D eigenvalue weighted by molar-refractivity contribution is 0.0932. The summed E-state index contributed by atoms with van der Waals surface area (Å²) in [5.41, 5.74) is 2.60. The lowest BCUT2D eigenvalue weighted by Crippen LogP contribution is -2.47. The summed E-state index contributed by atoms with van der Waals surface area (Å²) in [6.07, 6.45) is 11.3. The molecule has 1 amide bonds. The van der Waals surface area contributed by atoms with Gasteiger partial charge in [0.2, 0.25) is 0 Å². The quantitative estimate of drug-likeness (QED) is 0.792. The lowest BCUT2D eigenvalue weighted by Gasteiger charge is -2.33. The summed E-state index contributed by atoms with van der Waals surface area (Å²) in [6.45, 7) is 1.81. The van der Waals surface area contributed by atoms with Crippen LogP contribution in [0.1, 0.15) is 23.2 Å². The van der Waals surface area contributed by atoms with Gasteiger partial charge in [0.1, 0.15) is 5.65 Å². The van der Waals surface area contributed by atoms with E-state index >= 15 is 0 Å². The van der Waals surface area contributed by atoms with Crippen molar-refractivity contribution in [2.75, 3.05) is 18.0 Å². The van der Waals surface area contributed by atoms with E-state index in [4.69, 9.17) is 0 Å². The number of hydrogen-bond acceptors (Lipinski definition) is 4. The predicted octanol–water partition coefficient (Wildman–Crippen LogP) is 1.47. The number of carbonyl (C=O) groups excluding carboxylic acids is 1. The van der Waals surface area contributed by atoms with Crippen LogP contribution in [-0.4, -0.2) is 44.2 Å². The van der Waals surface area contributed by atoms with Gasteiger partial charge in [-0.05, 0) is 25.0 Å². The third kappa shape index (κ3) is 2.84. The first-order valence-electron chi connectivity index (χ1n) is 8.16. The highest BCUT2D eigenvalue weighted by atomic mass is 16.1. The molecule has 1 N–H and O–H groups in total. The molecule has 1 aliphatic heterocycles. The summed E-state index contributed by atoms with van der Waals surface area (Å²) in [6, 6.07) is 3.82. The van der Waals surface area contributed by atoms with Gasteiger partial charge in [0.15, 0.2) is 0 Å². The van der Waals surface area contributed by atoms with Crippen LogP contribution in [0.3, 0.4) is 0 Å². The molecule has 3 aromatic heterocycles. The van der Waals surface area contributed by atoms with Gasteiger partial charge in [-0.15, -0.1) is 0 Å². The number of nitrogens with zero attached hydrogens (tertiary/aromatic N) is 5. The molecule has 0 aliphatic carbocycles. The Balaban J connectivity index is 1.44. The molecule has 0 spiro atoms. The molecule has 7 nitrogen and oxygen atoms in total. The molecular weight excluding hydrogens is 304 g/mol. The summed E-state index contributed by atoms with van der Waals surface area (Å²) in [7, 11) is 1.92. The van der Waals surface area contributed by atoms with Gasteiger partial charge in [0.05, 0.1) is 17.4 Å².